The van der Waals surface area contributed by atoms with Gasteiger partial charge in [0.05, 0.1) is 23.9 Å². The van der Waals surface area contributed by atoms with Gasteiger partial charge in [-0.15, -0.1) is 11.3 Å². The first-order chi connectivity index (χ1) is 12.1. The van der Waals surface area contributed by atoms with Gasteiger partial charge in [-0.25, -0.2) is 14.6 Å². The van der Waals surface area contributed by atoms with Crippen molar-refractivity contribution in [1.29, 1.82) is 0 Å². The Kier molecular flexibility index (Phi) is 4.52. The molecule has 3 heterocycles. The predicted molar refractivity (Wildman–Crippen MR) is 87.9 cm³/mol. The van der Waals surface area contributed by atoms with E-state index < -0.39 is 17.7 Å². The SMILES string of the molecule is O=CNC(C(=O)O)(c1cccs1)N1CCN(N=Cc2ccco2)C1=O. The van der Waals surface area contributed by atoms with Crippen molar-refractivity contribution in [3.8, 4) is 0 Å². The third-order valence-electron chi connectivity index (χ3n) is 3.71. The average molecular weight is 362 g/mol. The number of hydrogen-bond acceptors (Lipinski definition) is 6. The number of hydrogen-bond donors (Lipinski definition) is 2. The van der Waals surface area contributed by atoms with Gasteiger partial charge in [-0.05, 0) is 23.6 Å². The number of nitrogens with zero attached hydrogens (tertiary/aromatic N) is 3. The van der Waals surface area contributed by atoms with Gasteiger partial charge in [0.15, 0.2) is 0 Å². The van der Waals surface area contributed by atoms with Gasteiger partial charge in [0, 0.05) is 6.54 Å². The molecule has 0 aromatic carbocycles. The number of amides is 3. The van der Waals surface area contributed by atoms with Gasteiger partial charge in [-0.2, -0.15) is 5.10 Å². The Morgan fingerprint density at radius 1 is 1.40 bits per heavy atom. The molecular weight excluding hydrogens is 348 g/mol. The molecule has 2 N–H and O–H groups in total. The monoisotopic (exact) mass is 362 g/mol. The van der Waals surface area contributed by atoms with Crippen molar-refractivity contribution < 1.29 is 23.9 Å². The van der Waals surface area contributed by atoms with Gasteiger partial charge < -0.3 is 14.8 Å². The average Bonchev–Trinajstić information content (AvgIpc) is 3.33. The number of hydrazone groups is 1. The second kappa shape index (κ2) is 6.77. The van der Waals surface area contributed by atoms with Crippen molar-refractivity contribution in [2.24, 2.45) is 5.10 Å². The zero-order valence-corrected chi connectivity index (χ0v) is 13.7. The van der Waals surface area contributed by atoms with Gasteiger partial charge in [0.1, 0.15) is 5.76 Å². The maximum Gasteiger partial charge on any atom is 0.356 e. The van der Waals surface area contributed by atoms with Crippen LogP contribution in [0.5, 0.6) is 0 Å². The smallest absolute Gasteiger partial charge is 0.356 e. The first kappa shape index (κ1) is 16.7. The molecule has 1 aliphatic heterocycles. The van der Waals surface area contributed by atoms with Crippen molar-refractivity contribution in [3.63, 3.8) is 0 Å². The standard InChI is InChI=1S/C15H14N4O5S/c20-10-16-15(13(21)22,12-4-2-8-25-12)18-5-6-19(14(18)23)17-9-11-3-1-7-24-11/h1-4,7-10H,5-6H2,(H,16,20)(H,21,22). The number of furan rings is 1. The number of carboxylic acids is 1. The first-order valence-electron chi connectivity index (χ1n) is 7.25. The maximum absolute atomic E-state index is 12.7. The van der Waals surface area contributed by atoms with E-state index in [9.17, 15) is 19.5 Å². The van der Waals surface area contributed by atoms with Crippen molar-refractivity contribution in [2.45, 2.75) is 5.66 Å². The Morgan fingerprint density at radius 2 is 2.24 bits per heavy atom. The summed E-state index contributed by atoms with van der Waals surface area (Å²) in [6.07, 6.45) is 3.11. The van der Waals surface area contributed by atoms with E-state index in [0.29, 0.717) is 10.6 Å². The van der Waals surface area contributed by atoms with E-state index in [2.05, 4.69) is 10.4 Å². The highest BCUT2D eigenvalue weighted by Crippen LogP contribution is 2.33. The Bertz CT molecular complexity index is 789. The summed E-state index contributed by atoms with van der Waals surface area (Å²) in [5, 5.41) is 18.9. The zero-order chi connectivity index (χ0) is 17.9. The number of rotatable bonds is 7. The fraction of sp³-hybridized carbons (Fsp3) is 0.200. The molecule has 2 aromatic rings. The molecule has 1 aliphatic rings. The molecule has 0 aliphatic carbocycles. The van der Waals surface area contributed by atoms with Crippen LogP contribution in [0.3, 0.4) is 0 Å². The highest BCUT2D eigenvalue weighted by Gasteiger charge is 2.53. The molecule has 1 saturated heterocycles. The molecule has 0 bridgehead atoms. The Labute approximate surface area is 146 Å². The topological polar surface area (TPSA) is 115 Å². The molecule has 9 nitrogen and oxygen atoms in total. The second-order valence-corrected chi connectivity index (χ2v) is 6.02. The molecule has 0 saturated carbocycles. The van der Waals surface area contributed by atoms with E-state index in [1.165, 1.54) is 12.5 Å². The number of carbonyl (C=O) groups excluding carboxylic acids is 2. The van der Waals surface area contributed by atoms with Crippen LogP contribution in [0.25, 0.3) is 0 Å². The minimum absolute atomic E-state index is 0.0827. The molecular formula is C15H14N4O5S. The summed E-state index contributed by atoms with van der Waals surface area (Å²) >= 11 is 1.13. The molecule has 1 unspecified atom stereocenters. The van der Waals surface area contributed by atoms with E-state index in [1.54, 1.807) is 29.6 Å². The molecule has 1 atom stereocenters. The van der Waals surface area contributed by atoms with Crippen LogP contribution < -0.4 is 5.32 Å². The van der Waals surface area contributed by atoms with E-state index >= 15 is 0 Å². The fourth-order valence-electron chi connectivity index (χ4n) is 2.57. The quantitative estimate of drug-likeness (QED) is 0.565. The van der Waals surface area contributed by atoms with E-state index in [1.807, 2.05) is 0 Å². The summed E-state index contributed by atoms with van der Waals surface area (Å²) in [7, 11) is 0. The Morgan fingerprint density at radius 3 is 2.84 bits per heavy atom. The lowest BCUT2D eigenvalue weighted by Crippen LogP contribution is -2.61. The lowest BCUT2D eigenvalue weighted by atomic mass is 10.1. The normalized spacial score (nSPS) is 17.0. The number of carbonyl (C=O) groups is 3. The number of aliphatic carboxylic acids is 1. The molecule has 2 aromatic heterocycles. The van der Waals surface area contributed by atoms with E-state index in [0.717, 1.165) is 21.2 Å². The van der Waals surface area contributed by atoms with Crippen LogP contribution in [-0.2, 0) is 15.3 Å². The van der Waals surface area contributed by atoms with Crippen molar-refractivity contribution in [1.82, 2.24) is 15.2 Å². The predicted octanol–water partition coefficient (Wildman–Crippen LogP) is 1.10. The third kappa shape index (κ3) is 2.87. The largest absolute Gasteiger partial charge is 0.478 e. The highest BCUT2D eigenvalue weighted by atomic mass is 32.1. The molecule has 1 fully saturated rings. The van der Waals surface area contributed by atoms with Crippen LogP contribution in [0.1, 0.15) is 10.6 Å². The van der Waals surface area contributed by atoms with Gasteiger partial charge in [-0.3, -0.25) is 9.69 Å². The van der Waals surface area contributed by atoms with Crippen LogP contribution in [-0.4, -0.2) is 52.7 Å². The minimum atomic E-state index is -1.97. The first-order valence-corrected chi connectivity index (χ1v) is 8.13. The van der Waals surface area contributed by atoms with E-state index in [-0.39, 0.29) is 19.5 Å². The minimum Gasteiger partial charge on any atom is -0.478 e. The molecule has 130 valence electrons. The van der Waals surface area contributed by atoms with Gasteiger partial charge in [0.2, 0.25) is 6.41 Å². The molecule has 10 heteroatoms. The summed E-state index contributed by atoms with van der Waals surface area (Å²) in [6, 6.07) is 5.92. The summed E-state index contributed by atoms with van der Waals surface area (Å²) in [4.78, 5) is 37.2. The summed E-state index contributed by atoms with van der Waals surface area (Å²) in [5.74, 6) is -0.896. The maximum atomic E-state index is 12.7. The van der Waals surface area contributed by atoms with Crippen molar-refractivity contribution >= 4 is 36.0 Å². The summed E-state index contributed by atoms with van der Waals surface area (Å²) < 4.78 is 5.11. The molecule has 25 heavy (non-hydrogen) atoms. The second-order valence-electron chi connectivity index (χ2n) is 5.07. The molecule has 0 spiro atoms. The van der Waals surface area contributed by atoms with Crippen molar-refractivity contribution in [2.75, 3.05) is 13.1 Å². The van der Waals surface area contributed by atoms with Gasteiger partial charge >= 0.3 is 12.0 Å². The zero-order valence-electron chi connectivity index (χ0n) is 12.9. The van der Waals surface area contributed by atoms with Gasteiger partial charge in [-0.1, -0.05) is 6.07 Å². The fourth-order valence-corrected chi connectivity index (χ4v) is 3.46. The number of carboxylic acid groups (broad SMARTS) is 1. The van der Waals surface area contributed by atoms with Gasteiger partial charge in [0.25, 0.3) is 5.66 Å². The molecule has 3 amide bonds. The van der Waals surface area contributed by atoms with Crippen LogP contribution in [0.15, 0.2) is 45.4 Å². The lowest BCUT2D eigenvalue weighted by Gasteiger charge is -2.35. The number of thiophene rings is 1. The highest BCUT2D eigenvalue weighted by molar-refractivity contribution is 7.10. The molecule has 3 rings (SSSR count). The van der Waals surface area contributed by atoms with Crippen LogP contribution in [0.4, 0.5) is 4.79 Å². The number of urea groups is 1. The lowest BCUT2D eigenvalue weighted by molar-refractivity contribution is -0.153. The molecule has 0 radical (unpaired) electrons. The Hall–Kier alpha value is -3.14. The van der Waals surface area contributed by atoms with Crippen LogP contribution in [0.2, 0.25) is 0 Å². The van der Waals surface area contributed by atoms with Crippen molar-refractivity contribution in [3.05, 3.63) is 46.5 Å². The Balaban J connectivity index is 1.91. The van der Waals surface area contributed by atoms with E-state index in [4.69, 9.17) is 4.42 Å². The number of nitrogens with one attached hydrogen (secondary N) is 1. The summed E-state index contributed by atoms with van der Waals surface area (Å²) in [6.45, 7) is 0.260. The van der Waals surface area contributed by atoms with Crippen LogP contribution >= 0.6 is 11.3 Å². The summed E-state index contributed by atoms with van der Waals surface area (Å²) in [5.41, 5.74) is -1.97. The van der Waals surface area contributed by atoms with Crippen LogP contribution in [0, 0.1) is 0 Å². The third-order valence-corrected chi connectivity index (χ3v) is 4.69.